The fraction of sp³-hybridized carbons (Fsp3) is 0.280. The Hall–Kier alpha value is -3.74. The number of hydrogen-bond acceptors (Lipinski definition) is 5. The molecule has 0 atom stereocenters. The van der Waals surface area contributed by atoms with Gasteiger partial charge in [0.2, 0.25) is 0 Å². The van der Waals surface area contributed by atoms with Gasteiger partial charge in [-0.15, -0.1) is 0 Å². The van der Waals surface area contributed by atoms with Crippen LogP contribution in [0.2, 0.25) is 0 Å². The first-order chi connectivity index (χ1) is 15.7. The molecule has 1 heterocycles. The van der Waals surface area contributed by atoms with Gasteiger partial charge in [-0.25, -0.2) is 4.99 Å². The lowest BCUT2D eigenvalue weighted by molar-refractivity contribution is 0.301. The zero-order valence-electron chi connectivity index (χ0n) is 18.8. The summed E-state index contributed by atoms with van der Waals surface area (Å²) in [6.45, 7) is 4.38. The number of ether oxygens (including phenoxy) is 3. The molecule has 0 aliphatic carbocycles. The molecule has 2 aromatic carbocycles. The first-order valence-electron chi connectivity index (χ1n) is 10.6. The van der Waals surface area contributed by atoms with Crippen LogP contribution in [-0.4, -0.2) is 31.7 Å². The number of nitrogens with one attached hydrogen (secondary N) is 2. The van der Waals surface area contributed by atoms with Crippen LogP contribution in [0.15, 0.2) is 71.9 Å². The maximum Gasteiger partial charge on any atom is 0.191 e. The summed E-state index contributed by atoms with van der Waals surface area (Å²) < 4.78 is 16.5. The molecule has 3 rings (SSSR count). The summed E-state index contributed by atoms with van der Waals surface area (Å²) in [6.07, 6.45) is 1.76. The fourth-order valence-corrected chi connectivity index (χ4v) is 3.06. The number of pyridine rings is 1. The summed E-state index contributed by atoms with van der Waals surface area (Å²) in [6, 6.07) is 19.6. The average molecular weight is 435 g/mol. The number of nitrogens with zero attached hydrogens (tertiary/aromatic N) is 2. The van der Waals surface area contributed by atoms with Crippen molar-refractivity contribution in [3.8, 4) is 17.2 Å². The fourth-order valence-electron chi connectivity index (χ4n) is 3.06. The van der Waals surface area contributed by atoms with E-state index in [4.69, 9.17) is 19.2 Å². The highest BCUT2D eigenvalue weighted by molar-refractivity contribution is 5.79. The van der Waals surface area contributed by atoms with Gasteiger partial charge in [-0.3, -0.25) is 4.98 Å². The Kier molecular flexibility index (Phi) is 8.74. The third kappa shape index (κ3) is 6.91. The van der Waals surface area contributed by atoms with Crippen molar-refractivity contribution in [1.82, 2.24) is 15.6 Å². The zero-order valence-corrected chi connectivity index (χ0v) is 18.8. The molecule has 7 nitrogen and oxygen atoms in total. The summed E-state index contributed by atoms with van der Waals surface area (Å²) in [7, 11) is 3.26. The number of benzene rings is 2. The van der Waals surface area contributed by atoms with Crippen molar-refractivity contribution in [2.75, 3.05) is 20.8 Å². The second kappa shape index (κ2) is 12.2. The molecule has 32 heavy (non-hydrogen) atoms. The second-order valence-electron chi connectivity index (χ2n) is 7.00. The topological polar surface area (TPSA) is 77.0 Å². The molecule has 0 fully saturated rings. The minimum atomic E-state index is 0.434. The van der Waals surface area contributed by atoms with E-state index in [1.807, 2.05) is 67.6 Å². The summed E-state index contributed by atoms with van der Waals surface area (Å²) in [5.74, 6) is 2.95. The predicted octanol–water partition coefficient (Wildman–Crippen LogP) is 3.93. The number of aliphatic imine (C=N–C) groups is 1. The molecule has 0 aliphatic rings. The van der Waals surface area contributed by atoms with Gasteiger partial charge in [0.1, 0.15) is 12.4 Å². The normalized spacial score (nSPS) is 11.0. The van der Waals surface area contributed by atoms with E-state index in [1.165, 1.54) is 0 Å². The van der Waals surface area contributed by atoms with Gasteiger partial charge >= 0.3 is 0 Å². The summed E-state index contributed by atoms with van der Waals surface area (Å²) in [5, 5.41) is 6.64. The molecule has 168 valence electrons. The molecule has 0 bridgehead atoms. The average Bonchev–Trinajstić information content (AvgIpc) is 2.85. The molecular weight excluding hydrogens is 404 g/mol. The van der Waals surface area contributed by atoms with E-state index in [1.54, 1.807) is 20.4 Å². The van der Waals surface area contributed by atoms with Crippen molar-refractivity contribution in [3.63, 3.8) is 0 Å². The van der Waals surface area contributed by atoms with Crippen LogP contribution in [0.5, 0.6) is 17.2 Å². The van der Waals surface area contributed by atoms with Gasteiger partial charge in [0.05, 0.1) is 26.5 Å². The smallest absolute Gasteiger partial charge is 0.191 e. The molecular formula is C25H30N4O3. The van der Waals surface area contributed by atoms with Gasteiger partial charge in [0, 0.05) is 19.3 Å². The second-order valence-corrected chi connectivity index (χ2v) is 7.00. The highest BCUT2D eigenvalue weighted by Crippen LogP contribution is 2.27. The largest absolute Gasteiger partial charge is 0.493 e. The van der Waals surface area contributed by atoms with Crippen molar-refractivity contribution in [1.29, 1.82) is 0 Å². The Balaban J connectivity index is 1.59. The van der Waals surface area contributed by atoms with Crippen molar-refractivity contribution < 1.29 is 14.2 Å². The van der Waals surface area contributed by atoms with Gasteiger partial charge in [0.25, 0.3) is 0 Å². The minimum absolute atomic E-state index is 0.434. The molecule has 3 aromatic rings. The van der Waals surface area contributed by atoms with E-state index < -0.39 is 0 Å². The number of hydrogen-bond donors (Lipinski definition) is 2. The van der Waals surface area contributed by atoms with E-state index in [-0.39, 0.29) is 0 Å². The van der Waals surface area contributed by atoms with E-state index in [0.717, 1.165) is 35.1 Å². The maximum atomic E-state index is 5.87. The van der Waals surface area contributed by atoms with Crippen molar-refractivity contribution in [2.45, 2.75) is 26.6 Å². The SMILES string of the molecule is CCNC(=NCc1cccc(OCc2ccccn2)c1)NCc1ccc(OC)c(OC)c1. The quantitative estimate of drug-likeness (QED) is 0.372. The Labute approximate surface area is 189 Å². The monoisotopic (exact) mass is 434 g/mol. The summed E-state index contributed by atoms with van der Waals surface area (Å²) in [5.41, 5.74) is 3.02. The third-order valence-corrected chi connectivity index (χ3v) is 4.68. The standard InChI is InChI=1S/C25H30N4O3/c1-4-26-25(29-17-20-11-12-23(30-2)24(15-20)31-3)28-16-19-8-7-10-22(14-19)32-18-21-9-5-6-13-27-21/h5-15H,4,16-18H2,1-3H3,(H2,26,28,29). The van der Waals surface area contributed by atoms with Crippen LogP contribution in [0.1, 0.15) is 23.7 Å². The Morgan fingerprint density at radius 1 is 0.906 bits per heavy atom. The van der Waals surface area contributed by atoms with Crippen LogP contribution >= 0.6 is 0 Å². The Morgan fingerprint density at radius 2 is 1.78 bits per heavy atom. The molecule has 0 aliphatic heterocycles. The minimum Gasteiger partial charge on any atom is -0.493 e. The molecule has 0 spiro atoms. The molecule has 0 unspecified atom stereocenters. The lowest BCUT2D eigenvalue weighted by Crippen LogP contribution is -2.36. The number of rotatable bonds is 10. The number of aromatic nitrogens is 1. The third-order valence-electron chi connectivity index (χ3n) is 4.68. The molecule has 0 saturated heterocycles. The van der Waals surface area contributed by atoms with Gasteiger partial charge < -0.3 is 24.8 Å². The maximum absolute atomic E-state index is 5.87. The highest BCUT2D eigenvalue weighted by Gasteiger charge is 2.06. The predicted molar refractivity (Wildman–Crippen MR) is 126 cm³/mol. The molecule has 0 saturated carbocycles. The van der Waals surface area contributed by atoms with Gasteiger partial charge in [-0.1, -0.05) is 24.3 Å². The van der Waals surface area contributed by atoms with Crippen LogP contribution in [0, 0.1) is 0 Å². The van der Waals surface area contributed by atoms with Gasteiger partial charge in [-0.2, -0.15) is 0 Å². The van der Waals surface area contributed by atoms with Crippen LogP contribution in [0.3, 0.4) is 0 Å². The first-order valence-corrected chi connectivity index (χ1v) is 10.6. The Morgan fingerprint density at radius 3 is 2.53 bits per heavy atom. The molecule has 0 amide bonds. The van der Waals surface area contributed by atoms with Gasteiger partial charge in [0.15, 0.2) is 17.5 Å². The van der Waals surface area contributed by atoms with Crippen LogP contribution in [0.4, 0.5) is 0 Å². The van der Waals surface area contributed by atoms with Crippen molar-refractivity contribution >= 4 is 5.96 Å². The van der Waals surface area contributed by atoms with E-state index >= 15 is 0 Å². The van der Waals surface area contributed by atoms with Crippen LogP contribution < -0.4 is 24.8 Å². The van der Waals surface area contributed by atoms with Crippen LogP contribution in [0.25, 0.3) is 0 Å². The van der Waals surface area contributed by atoms with E-state index in [9.17, 15) is 0 Å². The first kappa shape index (κ1) is 22.9. The zero-order chi connectivity index (χ0) is 22.6. The van der Waals surface area contributed by atoms with Gasteiger partial charge in [-0.05, 0) is 54.4 Å². The molecule has 7 heteroatoms. The molecule has 2 N–H and O–H groups in total. The molecule has 0 radical (unpaired) electrons. The van der Waals surface area contributed by atoms with Crippen LogP contribution in [-0.2, 0) is 19.7 Å². The van der Waals surface area contributed by atoms with E-state index in [0.29, 0.717) is 31.2 Å². The van der Waals surface area contributed by atoms with Crippen molar-refractivity contribution in [3.05, 3.63) is 83.7 Å². The number of guanidine groups is 1. The highest BCUT2D eigenvalue weighted by atomic mass is 16.5. The lowest BCUT2D eigenvalue weighted by atomic mass is 10.2. The summed E-state index contributed by atoms with van der Waals surface area (Å²) in [4.78, 5) is 8.99. The molecule has 1 aromatic heterocycles. The lowest BCUT2D eigenvalue weighted by Gasteiger charge is -2.13. The number of methoxy groups -OCH3 is 2. The Bertz CT molecular complexity index is 1010. The van der Waals surface area contributed by atoms with E-state index in [2.05, 4.69) is 15.6 Å². The van der Waals surface area contributed by atoms with Crippen molar-refractivity contribution in [2.24, 2.45) is 4.99 Å². The summed E-state index contributed by atoms with van der Waals surface area (Å²) >= 11 is 0.